The summed E-state index contributed by atoms with van der Waals surface area (Å²) in [6, 6.07) is 0. The summed E-state index contributed by atoms with van der Waals surface area (Å²) in [6.45, 7) is 0.922. The molecule has 0 bridgehead atoms. The summed E-state index contributed by atoms with van der Waals surface area (Å²) in [7, 11) is 6.27. The van der Waals surface area contributed by atoms with Crippen LogP contribution in [0.5, 0.6) is 0 Å². The minimum Gasteiger partial charge on any atom is -0.456 e. The molecule has 1 rings (SSSR count). The van der Waals surface area contributed by atoms with Crippen molar-refractivity contribution in [3.8, 4) is 0 Å². The van der Waals surface area contributed by atoms with Gasteiger partial charge in [0, 0.05) is 0 Å². The van der Waals surface area contributed by atoms with Gasteiger partial charge >= 0.3 is 5.97 Å². The molecule has 3 heteroatoms. The molecule has 58 valence electrons. The highest BCUT2D eigenvalue weighted by Crippen LogP contribution is 2.14. The Balaban J connectivity index is 2.22. The van der Waals surface area contributed by atoms with E-state index >= 15 is 0 Å². The fourth-order valence-corrected chi connectivity index (χ4v) is 1.07. The lowest BCUT2D eigenvalue weighted by Crippen LogP contribution is -2.48. The van der Waals surface area contributed by atoms with E-state index in [1.54, 1.807) is 0 Å². The third-order valence-corrected chi connectivity index (χ3v) is 1.44. The normalized spacial score (nSPS) is 25.5. The number of cyclic esters (lactones) is 1. The van der Waals surface area contributed by atoms with Crippen LogP contribution >= 0.6 is 0 Å². The van der Waals surface area contributed by atoms with Gasteiger partial charge in [0.05, 0.1) is 27.6 Å². The first-order valence-corrected chi connectivity index (χ1v) is 3.47. The number of carbonyl (C=O) groups is 1. The number of esters is 1. The molecule has 1 aliphatic rings. The van der Waals surface area contributed by atoms with Crippen LogP contribution in [0.1, 0.15) is 6.42 Å². The maximum absolute atomic E-state index is 10.4. The van der Waals surface area contributed by atoms with Crippen LogP contribution in [-0.2, 0) is 9.53 Å². The molecule has 0 spiro atoms. The van der Waals surface area contributed by atoms with Crippen molar-refractivity contribution >= 4 is 5.97 Å². The highest BCUT2D eigenvalue weighted by Gasteiger charge is 2.32. The molecule has 0 radical (unpaired) electrons. The first-order chi connectivity index (χ1) is 4.47. The Hall–Kier alpha value is -0.570. The largest absolute Gasteiger partial charge is 0.456 e. The van der Waals surface area contributed by atoms with Crippen LogP contribution in [0, 0.1) is 0 Å². The molecule has 0 amide bonds. The number of quaternary nitrogens is 1. The zero-order chi connectivity index (χ0) is 7.78. The second-order valence-corrected chi connectivity index (χ2v) is 3.79. The van der Waals surface area contributed by atoms with E-state index in [4.69, 9.17) is 4.74 Å². The van der Waals surface area contributed by atoms with E-state index < -0.39 is 0 Å². The van der Waals surface area contributed by atoms with Gasteiger partial charge in [0.25, 0.3) is 0 Å². The van der Waals surface area contributed by atoms with E-state index in [2.05, 4.69) is 21.1 Å². The van der Waals surface area contributed by atoms with Crippen LogP contribution in [0.3, 0.4) is 0 Å². The Morgan fingerprint density at radius 2 is 2.10 bits per heavy atom. The molecule has 3 nitrogen and oxygen atoms in total. The van der Waals surface area contributed by atoms with Gasteiger partial charge in [0.2, 0.25) is 0 Å². The minimum absolute atomic E-state index is 0.0570. The SMILES string of the molecule is C[N+](C)(C)C[C@H]1CC(=O)O1. The number of ether oxygens (including phenoxy) is 1. The predicted octanol–water partition coefficient (Wildman–Crippen LogP) is 0.00810. The van der Waals surface area contributed by atoms with Crippen LogP contribution in [0.4, 0.5) is 0 Å². The zero-order valence-corrected chi connectivity index (χ0v) is 6.76. The molecule has 0 aromatic heterocycles. The van der Waals surface area contributed by atoms with Crippen LogP contribution in [0.15, 0.2) is 0 Å². The smallest absolute Gasteiger partial charge is 0.310 e. The lowest BCUT2D eigenvalue weighted by molar-refractivity contribution is -0.874. The van der Waals surface area contributed by atoms with Crippen molar-refractivity contribution in [1.29, 1.82) is 0 Å². The van der Waals surface area contributed by atoms with E-state index in [0.717, 1.165) is 11.0 Å². The van der Waals surface area contributed by atoms with Gasteiger partial charge in [-0.1, -0.05) is 0 Å². The molecule has 1 saturated heterocycles. The fraction of sp³-hybridized carbons (Fsp3) is 0.857. The molecule has 0 aromatic rings. The summed E-state index contributed by atoms with van der Waals surface area (Å²) in [6.07, 6.45) is 0.780. The van der Waals surface area contributed by atoms with Crippen molar-refractivity contribution in [3.63, 3.8) is 0 Å². The Kier molecular flexibility index (Phi) is 1.68. The maximum Gasteiger partial charge on any atom is 0.310 e. The Bertz CT molecular complexity index is 140. The summed E-state index contributed by atoms with van der Waals surface area (Å²) in [4.78, 5) is 10.4. The molecule has 1 atom stereocenters. The summed E-state index contributed by atoms with van der Waals surface area (Å²) in [5.41, 5.74) is 0. The highest BCUT2D eigenvalue weighted by atomic mass is 16.6. The molecular weight excluding hydrogens is 130 g/mol. The standard InChI is InChI=1S/C7H14NO2/c1-8(2,3)5-6-4-7(9)10-6/h6H,4-5H2,1-3H3/q+1/t6-/m1/s1. The third-order valence-electron chi connectivity index (χ3n) is 1.44. The van der Waals surface area contributed by atoms with Gasteiger partial charge in [0.1, 0.15) is 6.54 Å². The van der Waals surface area contributed by atoms with Crippen LogP contribution in [0.25, 0.3) is 0 Å². The fourth-order valence-electron chi connectivity index (χ4n) is 1.07. The van der Waals surface area contributed by atoms with E-state index in [1.807, 2.05) is 0 Å². The average molecular weight is 144 g/mol. The molecule has 1 aliphatic heterocycles. The second-order valence-electron chi connectivity index (χ2n) is 3.79. The Morgan fingerprint density at radius 1 is 1.60 bits per heavy atom. The van der Waals surface area contributed by atoms with Gasteiger partial charge in [-0.25, -0.2) is 0 Å². The first-order valence-electron chi connectivity index (χ1n) is 3.47. The lowest BCUT2D eigenvalue weighted by Gasteiger charge is -2.32. The number of rotatable bonds is 2. The number of hydrogen-bond acceptors (Lipinski definition) is 2. The Labute approximate surface area is 61.2 Å². The lowest BCUT2D eigenvalue weighted by atomic mass is 10.1. The molecule has 0 aliphatic carbocycles. The summed E-state index contributed by atoms with van der Waals surface area (Å²) < 4.78 is 5.72. The van der Waals surface area contributed by atoms with Gasteiger partial charge in [-0.2, -0.15) is 0 Å². The summed E-state index contributed by atoms with van der Waals surface area (Å²) in [5.74, 6) is -0.0570. The van der Waals surface area contributed by atoms with Crippen LogP contribution in [-0.4, -0.2) is 44.2 Å². The first kappa shape index (κ1) is 7.54. The molecule has 0 saturated carbocycles. The summed E-state index contributed by atoms with van der Waals surface area (Å²) in [5, 5.41) is 0. The molecule has 1 heterocycles. The molecule has 10 heavy (non-hydrogen) atoms. The maximum atomic E-state index is 10.4. The third kappa shape index (κ3) is 1.99. The van der Waals surface area contributed by atoms with Crippen LogP contribution in [0.2, 0.25) is 0 Å². The summed E-state index contributed by atoms with van der Waals surface area (Å²) >= 11 is 0. The number of nitrogens with zero attached hydrogens (tertiary/aromatic N) is 1. The molecule has 0 aromatic carbocycles. The molecule has 0 N–H and O–H groups in total. The molecular formula is C7H14NO2+. The Morgan fingerprint density at radius 3 is 2.40 bits per heavy atom. The van der Waals surface area contributed by atoms with Crippen molar-refractivity contribution in [1.82, 2.24) is 0 Å². The average Bonchev–Trinajstić information content (AvgIpc) is 1.57. The number of carbonyl (C=O) groups excluding carboxylic acids is 1. The zero-order valence-electron chi connectivity index (χ0n) is 6.76. The monoisotopic (exact) mass is 144 g/mol. The predicted molar refractivity (Wildman–Crippen MR) is 37.4 cm³/mol. The molecule has 0 unspecified atom stereocenters. The van der Waals surface area contributed by atoms with E-state index in [0.29, 0.717) is 6.42 Å². The van der Waals surface area contributed by atoms with E-state index in [-0.39, 0.29) is 12.1 Å². The van der Waals surface area contributed by atoms with Crippen molar-refractivity contribution in [2.24, 2.45) is 0 Å². The van der Waals surface area contributed by atoms with Crippen molar-refractivity contribution in [3.05, 3.63) is 0 Å². The van der Waals surface area contributed by atoms with Crippen molar-refractivity contribution < 1.29 is 14.0 Å². The van der Waals surface area contributed by atoms with Gasteiger partial charge in [-0.3, -0.25) is 4.79 Å². The van der Waals surface area contributed by atoms with Crippen LogP contribution < -0.4 is 0 Å². The van der Waals surface area contributed by atoms with Gasteiger partial charge < -0.3 is 9.22 Å². The molecule has 1 fully saturated rings. The minimum atomic E-state index is -0.0570. The quantitative estimate of drug-likeness (QED) is 0.403. The van der Waals surface area contributed by atoms with E-state index in [1.165, 1.54) is 0 Å². The second kappa shape index (κ2) is 2.23. The van der Waals surface area contributed by atoms with Crippen molar-refractivity contribution in [2.75, 3.05) is 27.7 Å². The van der Waals surface area contributed by atoms with Gasteiger partial charge in [-0.05, 0) is 0 Å². The van der Waals surface area contributed by atoms with E-state index in [9.17, 15) is 4.79 Å². The van der Waals surface area contributed by atoms with Gasteiger partial charge in [-0.15, -0.1) is 0 Å². The number of hydrogen-bond donors (Lipinski definition) is 0. The topological polar surface area (TPSA) is 26.3 Å². The number of likely N-dealkylation sites (N-methyl/N-ethyl adjacent to an activating group) is 1. The van der Waals surface area contributed by atoms with Crippen molar-refractivity contribution in [2.45, 2.75) is 12.5 Å². The van der Waals surface area contributed by atoms with Gasteiger partial charge in [0.15, 0.2) is 6.10 Å². The highest BCUT2D eigenvalue weighted by molar-refractivity contribution is 5.75.